The van der Waals surface area contributed by atoms with Gasteiger partial charge in [-0.1, -0.05) is 11.6 Å². The Bertz CT molecular complexity index is 738. The number of anilines is 1. The summed E-state index contributed by atoms with van der Waals surface area (Å²) < 4.78 is 0. The Morgan fingerprint density at radius 2 is 2.08 bits per heavy atom. The van der Waals surface area contributed by atoms with Crippen molar-refractivity contribution in [2.24, 2.45) is 0 Å². The summed E-state index contributed by atoms with van der Waals surface area (Å²) in [6.45, 7) is 7.24. The van der Waals surface area contributed by atoms with E-state index in [0.29, 0.717) is 9.90 Å². The van der Waals surface area contributed by atoms with Gasteiger partial charge in [-0.25, -0.2) is 4.98 Å². The van der Waals surface area contributed by atoms with E-state index < -0.39 is 0 Å². The molecule has 6 heteroatoms. The summed E-state index contributed by atoms with van der Waals surface area (Å²) >= 11 is 7.47. The third-order valence-electron chi connectivity index (χ3n) is 4.32. The number of rotatable bonds is 5. The number of thiazole rings is 1. The molecule has 3 rings (SSSR count). The van der Waals surface area contributed by atoms with Crippen molar-refractivity contribution in [1.29, 1.82) is 0 Å². The minimum Gasteiger partial charge on any atom is -0.321 e. The summed E-state index contributed by atoms with van der Waals surface area (Å²) in [5.41, 5.74) is 2.55. The molecule has 1 aromatic heterocycles. The van der Waals surface area contributed by atoms with Crippen LogP contribution in [-0.4, -0.2) is 35.4 Å². The Hall–Kier alpha value is -1.43. The maximum atomic E-state index is 12.6. The van der Waals surface area contributed by atoms with Gasteiger partial charge in [-0.15, -0.1) is 11.3 Å². The Balaban J connectivity index is 1.66. The minimum absolute atomic E-state index is 0.0946. The molecule has 1 aromatic carbocycles. The van der Waals surface area contributed by atoms with Gasteiger partial charge in [0.1, 0.15) is 4.88 Å². The van der Waals surface area contributed by atoms with Crippen LogP contribution in [0.4, 0.5) is 5.69 Å². The molecule has 0 aliphatic carbocycles. The Kier molecular flexibility index (Phi) is 5.54. The van der Waals surface area contributed by atoms with Gasteiger partial charge in [-0.2, -0.15) is 0 Å². The Morgan fingerprint density at radius 1 is 1.33 bits per heavy atom. The Morgan fingerprint density at radius 3 is 2.79 bits per heavy atom. The van der Waals surface area contributed by atoms with Gasteiger partial charge < -0.3 is 10.2 Å². The van der Waals surface area contributed by atoms with Crippen molar-refractivity contribution in [2.75, 3.05) is 25.0 Å². The summed E-state index contributed by atoms with van der Waals surface area (Å²) in [5.74, 6) is -0.0946. The van der Waals surface area contributed by atoms with E-state index in [1.54, 1.807) is 6.07 Å². The predicted molar refractivity (Wildman–Crippen MR) is 100 cm³/mol. The van der Waals surface area contributed by atoms with Crippen LogP contribution in [0, 0.1) is 13.8 Å². The molecule has 1 aliphatic heterocycles. The highest BCUT2D eigenvalue weighted by Crippen LogP contribution is 2.24. The van der Waals surface area contributed by atoms with E-state index >= 15 is 0 Å². The van der Waals surface area contributed by atoms with Gasteiger partial charge in [-0.3, -0.25) is 4.79 Å². The molecule has 1 saturated heterocycles. The van der Waals surface area contributed by atoms with Crippen LogP contribution < -0.4 is 5.32 Å². The van der Waals surface area contributed by atoms with Gasteiger partial charge in [0.05, 0.1) is 10.7 Å². The normalized spacial score (nSPS) is 15.0. The van der Waals surface area contributed by atoms with E-state index in [-0.39, 0.29) is 5.91 Å². The first-order valence-corrected chi connectivity index (χ1v) is 9.48. The summed E-state index contributed by atoms with van der Waals surface area (Å²) in [6, 6.07) is 5.46. The number of benzene rings is 1. The molecule has 1 N–H and O–H groups in total. The van der Waals surface area contributed by atoms with Crippen molar-refractivity contribution in [3.05, 3.63) is 44.4 Å². The number of nitrogens with zero attached hydrogens (tertiary/aromatic N) is 2. The summed E-state index contributed by atoms with van der Waals surface area (Å²) in [5, 5.41) is 4.68. The lowest BCUT2D eigenvalue weighted by atomic mass is 10.2. The average molecular weight is 364 g/mol. The molecular weight excluding hydrogens is 342 g/mol. The highest BCUT2D eigenvalue weighted by Gasteiger charge is 2.17. The molecule has 0 saturated carbocycles. The number of amides is 1. The van der Waals surface area contributed by atoms with E-state index in [2.05, 4.69) is 15.2 Å². The number of halogens is 1. The average Bonchev–Trinajstić information content (AvgIpc) is 3.17. The first-order chi connectivity index (χ1) is 11.5. The molecule has 1 fully saturated rings. The maximum Gasteiger partial charge on any atom is 0.267 e. The Labute approximate surface area is 151 Å². The van der Waals surface area contributed by atoms with E-state index in [4.69, 9.17) is 11.6 Å². The zero-order valence-corrected chi connectivity index (χ0v) is 15.6. The molecule has 0 spiro atoms. The van der Waals surface area contributed by atoms with E-state index in [0.717, 1.165) is 34.9 Å². The smallest absolute Gasteiger partial charge is 0.267 e. The zero-order valence-electron chi connectivity index (χ0n) is 14.1. The molecule has 0 unspecified atom stereocenters. The van der Waals surface area contributed by atoms with Gasteiger partial charge >= 0.3 is 0 Å². The second-order valence-electron chi connectivity index (χ2n) is 6.23. The van der Waals surface area contributed by atoms with Gasteiger partial charge in [0.2, 0.25) is 0 Å². The maximum absolute atomic E-state index is 12.6. The number of carbonyl (C=O) groups is 1. The summed E-state index contributed by atoms with van der Waals surface area (Å²) in [7, 11) is 0. The van der Waals surface area contributed by atoms with Gasteiger partial charge in [0, 0.05) is 23.7 Å². The van der Waals surface area contributed by atoms with Crippen molar-refractivity contribution in [3.8, 4) is 0 Å². The molecule has 2 aromatic rings. The molecule has 128 valence electrons. The summed E-state index contributed by atoms with van der Waals surface area (Å²) in [4.78, 5) is 20.3. The van der Waals surface area contributed by atoms with Crippen molar-refractivity contribution >= 4 is 34.5 Å². The molecule has 1 aliphatic rings. The van der Waals surface area contributed by atoms with Crippen LogP contribution in [0.1, 0.15) is 38.8 Å². The molecule has 24 heavy (non-hydrogen) atoms. The predicted octanol–water partition coefficient (Wildman–Crippen LogP) is 4.30. The fourth-order valence-electron chi connectivity index (χ4n) is 2.98. The molecule has 0 radical (unpaired) electrons. The minimum atomic E-state index is -0.0946. The van der Waals surface area contributed by atoms with Crippen LogP contribution in [0.3, 0.4) is 0 Å². The molecule has 0 bridgehead atoms. The lowest BCUT2D eigenvalue weighted by Crippen LogP contribution is -2.21. The lowest BCUT2D eigenvalue weighted by Gasteiger charge is -2.12. The van der Waals surface area contributed by atoms with Gasteiger partial charge in [-0.05, 0) is 63.5 Å². The largest absolute Gasteiger partial charge is 0.321 e. The number of nitrogens with one attached hydrogen (secondary N) is 1. The van der Waals surface area contributed by atoms with Crippen LogP contribution in [0.15, 0.2) is 18.2 Å². The van der Waals surface area contributed by atoms with Gasteiger partial charge in [0.25, 0.3) is 5.91 Å². The molecular formula is C18H22ClN3OS. The standard InChI is InChI=1S/C18H22ClN3OS/c1-12-11-14(19)5-6-15(12)21-18(23)17-13(2)20-16(24-17)7-10-22-8-3-4-9-22/h5-6,11H,3-4,7-10H2,1-2H3,(H,21,23). The molecule has 1 amide bonds. The zero-order chi connectivity index (χ0) is 17.1. The monoisotopic (exact) mass is 363 g/mol. The fraction of sp³-hybridized carbons (Fsp3) is 0.444. The van der Waals surface area contributed by atoms with E-state index in [1.165, 1.54) is 37.3 Å². The van der Waals surface area contributed by atoms with E-state index in [1.807, 2.05) is 26.0 Å². The first kappa shape index (κ1) is 17.4. The SMILES string of the molecule is Cc1cc(Cl)ccc1NC(=O)c1sc(CCN2CCCC2)nc1C. The number of likely N-dealkylation sites (tertiary alicyclic amines) is 1. The van der Waals surface area contributed by atoms with Crippen molar-refractivity contribution in [2.45, 2.75) is 33.1 Å². The first-order valence-electron chi connectivity index (χ1n) is 8.29. The quantitative estimate of drug-likeness (QED) is 0.861. The number of hydrogen-bond donors (Lipinski definition) is 1. The molecule has 4 nitrogen and oxygen atoms in total. The molecule has 0 atom stereocenters. The van der Waals surface area contributed by atoms with Crippen LogP contribution in [-0.2, 0) is 6.42 Å². The number of hydrogen-bond acceptors (Lipinski definition) is 4. The van der Waals surface area contributed by atoms with Crippen molar-refractivity contribution < 1.29 is 4.79 Å². The topological polar surface area (TPSA) is 45.2 Å². The van der Waals surface area contributed by atoms with Crippen LogP contribution in [0.2, 0.25) is 5.02 Å². The lowest BCUT2D eigenvalue weighted by molar-refractivity contribution is 0.102. The van der Waals surface area contributed by atoms with Gasteiger partial charge in [0.15, 0.2) is 0 Å². The number of aryl methyl sites for hydroxylation is 2. The number of carbonyl (C=O) groups excluding carboxylic acids is 1. The third kappa shape index (κ3) is 4.15. The van der Waals surface area contributed by atoms with Crippen molar-refractivity contribution in [3.63, 3.8) is 0 Å². The van der Waals surface area contributed by atoms with E-state index in [9.17, 15) is 4.79 Å². The van der Waals surface area contributed by atoms with Crippen LogP contribution in [0.5, 0.6) is 0 Å². The highest BCUT2D eigenvalue weighted by atomic mass is 35.5. The third-order valence-corrected chi connectivity index (χ3v) is 5.78. The van der Waals surface area contributed by atoms with Crippen LogP contribution in [0.25, 0.3) is 0 Å². The molecule has 2 heterocycles. The van der Waals surface area contributed by atoms with Crippen LogP contribution >= 0.6 is 22.9 Å². The van der Waals surface area contributed by atoms with Crippen molar-refractivity contribution in [1.82, 2.24) is 9.88 Å². The highest BCUT2D eigenvalue weighted by molar-refractivity contribution is 7.13. The fourth-order valence-corrected chi connectivity index (χ4v) is 4.15. The summed E-state index contributed by atoms with van der Waals surface area (Å²) in [6.07, 6.45) is 3.51. The number of aromatic nitrogens is 1. The second kappa shape index (κ2) is 7.64. The second-order valence-corrected chi connectivity index (χ2v) is 7.75.